The van der Waals surface area contributed by atoms with E-state index in [9.17, 15) is 14.9 Å². The van der Waals surface area contributed by atoms with Gasteiger partial charge in [-0.3, -0.25) is 14.9 Å². The molecule has 0 saturated carbocycles. The van der Waals surface area contributed by atoms with Crippen LogP contribution in [0.15, 0.2) is 53.2 Å². The first-order valence-electron chi connectivity index (χ1n) is 6.75. The summed E-state index contributed by atoms with van der Waals surface area (Å²) >= 11 is 11.9. The van der Waals surface area contributed by atoms with Crippen LogP contribution in [0, 0.1) is 10.1 Å². The number of carbonyl (C=O) groups is 1. The number of benzene rings is 2. The summed E-state index contributed by atoms with van der Waals surface area (Å²) in [4.78, 5) is 26.6. The van der Waals surface area contributed by atoms with Crippen molar-refractivity contribution < 1.29 is 9.72 Å². The van der Waals surface area contributed by atoms with Gasteiger partial charge in [-0.1, -0.05) is 41.4 Å². The molecule has 24 heavy (non-hydrogen) atoms. The predicted octanol–water partition coefficient (Wildman–Crippen LogP) is 3.82. The van der Waals surface area contributed by atoms with E-state index in [0.717, 1.165) is 0 Å². The number of aliphatic imine (C=N–C) groups is 1. The largest absolute Gasteiger partial charge is 0.305 e. The molecule has 3 rings (SSSR count). The summed E-state index contributed by atoms with van der Waals surface area (Å²) < 4.78 is 0. The van der Waals surface area contributed by atoms with Crippen LogP contribution in [0.3, 0.4) is 0 Å². The molecule has 0 saturated heterocycles. The number of non-ortho nitro benzene ring substituents is 1. The Kier molecular flexibility index (Phi) is 4.33. The Labute approximate surface area is 146 Å². The molecule has 2 aromatic rings. The van der Waals surface area contributed by atoms with Gasteiger partial charge in [0, 0.05) is 27.7 Å². The smallest absolute Gasteiger partial charge is 0.275 e. The van der Waals surface area contributed by atoms with Gasteiger partial charge < -0.3 is 5.32 Å². The van der Waals surface area contributed by atoms with E-state index in [1.807, 2.05) is 0 Å². The number of amidine groups is 1. The fraction of sp³-hybridized carbons (Fsp3) is 0. The van der Waals surface area contributed by atoms with Crippen molar-refractivity contribution >= 4 is 46.7 Å². The van der Waals surface area contributed by atoms with Crippen LogP contribution in [0.2, 0.25) is 10.0 Å². The minimum absolute atomic E-state index is 0.0809. The number of nitro benzene ring substituents is 1. The molecule has 1 aliphatic heterocycles. The normalized spacial score (nSPS) is 15.3. The zero-order valence-corrected chi connectivity index (χ0v) is 13.5. The standard InChI is InChI=1S/C16H9Cl2N3O3/c17-11-5-4-9(13(18)8-11)7-14-16(22)20-15(19-14)10-2-1-3-12(6-10)21(23)24/h1-8H,(H,19,20,22). The molecule has 120 valence electrons. The average molecular weight is 362 g/mol. The van der Waals surface area contributed by atoms with Crippen molar-refractivity contribution in [2.75, 3.05) is 0 Å². The molecular weight excluding hydrogens is 353 g/mol. The topological polar surface area (TPSA) is 84.6 Å². The lowest BCUT2D eigenvalue weighted by atomic mass is 10.2. The van der Waals surface area contributed by atoms with Gasteiger partial charge in [0.2, 0.25) is 0 Å². The Bertz CT molecular complexity index is 923. The Morgan fingerprint density at radius 3 is 2.67 bits per heavy atom. The van der Waals surface area contributed by atoms with Gasteiger partial charge >= 0.3 is 0 Å². The summed E-state index contributed by atoms with van der Waals surface area (Å²) in [5.41, 5.74) is 1.11. The lowest BCUT2D eigenvalue weighted by Gasteiger charge is -1.99. The second kappa shape index (κ2) is 6.43. The molecule has 0 bridgehead atoms. The van der Waals surface area contributed by atoms with E-state index >= 15 is 0 Å². The van der Waals surface area contributed by atoms with Crippen molar-refractivity contribution in [1.29, 1.82) is 0 Å². The minimum atomic E-state index is -0.509. The van der Waals surface area contributed by atoms with Crippen molar-refractivity contribution in [2.24, 2.45) is 4.99 Å². The van der Waals surface area contributed by atoms with Crippen LogP contribution in [-0.2, 0) is 4.79 Å². The second-order valence-electron chi connectivity index (χ2n) is 4.92. The van der Waals surface area contributed by atoms with E-state index < -0.39 is 10.8 Å². The predicted molar refractivity (Wildman–Crippen MR) is 92.2 cm³/mol. The van der Waals surface area contributed by atoms with Crippen molar-refractivity contribution in [2.45, 2.75) is 0 Å². The number of rotatable bonds is 3. The number of halogens is 2. The first-order valence-corrected chi connectivity index (χ1v) is 7.51. The number of nitrogens with one attached hydrogen (secondary N) is 1. The highest BCUT2D eigenvalue weighted by Crippen LogP contribution is 2.25. The van der Waals surface area contributed by atoms with E-state index in [2.05, 4.69) is 10.3 Å². The number of amides is 1. The van der Waals surface area contributed by atoms with Gasteiger partial charge in [-0.2, -0.15) is 0 Å². The fourth-order valence-electron chi connectivity index (χ4n) is 2.14. The van der Waals surface area contributed by atoms with Crippen molar-refractivity contribution in [1.82, 2.24) is 5.32 Å². The third-order valence-corrected chi connectivity index (χ3v) is 3.84. The number of hydrogen-bond donors (Lipinski definition) is 1. The molecule has 1 aliphatic rings. The number of nitrogens with zero attached hydrogens (tertiary/aromatic N) is 2. The van der Waals surface area contributed by atoms with Crippen LogP contribution < -0.4 is 5.32 Å². The van der Waals surface area contributed by atoms with Crippen molar-refractivity contribution in [3.05, 3.63) is 79.4 Å². The summed E-state index contributed by atoms with van der Waals surface area (Å²) in [7, 11) is 0. The maximum atomic E-state index is 12.1. The Morgan fingerprint density at radius 1 is 1.17 bits per heavy atom. The van der Waals surface area contributed by atoms with Crippen molar-refractivity contribution in [3.63, 3.8) is 0 Å². The van der Waals surface area contributed by atoms with Crippen LogP contribution in [0.4, 0.5) is 5.69 Å². The van der Waals surface area contributed by atoms with Crippen LogP contribution >= 0.6 is 23.2 Å². The Morgan fingerprint density at radius 2 is 1.96 bits per heavy atom. The van der Waals surface area contributed by atoms with Gasteiger partial charge in [-0.15, -0.1) is 0 Å². The molecule has 0 aliphatic carbocycles. The molecule has 0 radical (unpaired) electrons. The Balaban J connectivity index is 1.97. The summed E-state index contributed by atoms with van der Waals surface area (Å²) in [6.07, 6.45) is 1.53. The monoisotopic (exact) mass is 361 g/mol. The second-order valence-corrected chi connectivity index (χ2v) is 5.76. The highest BCUT2D eigenvalue weighted by Gasteiger charge is 2.22. The van der Waals surface area contributed by atoms with Gasteiger partial charge in [0.05, 0.1) is 4.92 Å². The average Bonchev–Trinajstić information content (AvgIpc) is 2.91. The molecule has 6 nitrogen and oxygen atoms in total. The lowest BCUT2D eigenvalue weighted by Crippen LogP contribution is -2.24. The lowest BCUT2D eigenvalue weighted by molar-refractivity contribution is -0.384. The molecule has 0 unspecified atom stereocenters. The van der Waals surface area contributed by atoms with Gasteiger partial charge in [0.15, 0.2) is 0 Å². The molecule has 0 aromatic heterocycles. The quantitative estimate of drug-likeness (QED) is 0.512. The highest BCUT2D eigenvalue weighted by molar-refractivity contribution is 6.35. The van der Waals surface area contributed by atoms with E-state index in [1.54, 1.807) is 24.3 Å². The van der Waals surface area contributed by atoms with Gasteiger partial charge in [-0.25, -0.2) is 4.99 Å². The van der Waals surface area contributed by atoms with Crippen molar-refractivity contribution in [3.8, 4) is 0 Å². The molecule has 1 heterocycles. The van der Waals surface area contributed by atoms with Gasteiger partial charge in [0.1, 0.15) is 11.5 Å². The van der Waals surface area contributed by atoms with E-state index in [4.69, 9.17) is 23.2 Å². The zero-order chi connectivity index (χ0) is 17.3. The third-order valence-electron chi connectivity index (χ3n) is 3.28. The van der Waals surface area contributed by atoms with Crippen LogP contribution in [0.1, 0.15) is 11.1 Å². The first-order chi connectivity index (χ1) is 11.4. The minimum Gasteiger partial charge on any atom is -0.305 e. The maximum absolute atomic E-state index is 12.1. The zero-order valence-electron chi connectivity index (χ0n) is 12.0. The summed E-state index contributed by atoms with van der Waals surface area (Å²) in [5.74, 6) is -0.164. The SMILES string of the molecule is O=C1NC(c2cccc([N+](=O)[O-])c2)=NC1=Cc1ccc(Cl)cc1Cl. The van der Waals surface area contributed by atoms with Crippen LogP contribution in [0.25, 0.3) is 6.08 Å². The van der Waals surface area contributed by atoms with Gasteiger partial charge in [-0.05, 0) is 23.8 Å². The van der Waals surface area contributed by atoms with E-state index in [-0.39, 0.29) is 17.2 Å². The molecule has 1 N–H and O–H groups in total. The number of carbonyl (C=O) groups excluding carboxylic acids is 1. The summed E-state index contributed by atoms with van der Waals surface area (Å²) in [6.45, 7) is 0. The molecule has 0 atom stereocenters. The van der Waals surface area contributed by atoms with Gasteiger partial charge in [0.25, 0.3) is 11.6 Å². The molecule has 0 spiro atoms. The first kappa shape index (κ1) is 16.2. The Hall–Kier alpha value is -2.70. The number of nitro groups is 1. The van der Waals surface area contributed by atoms with E-state index in [1.165, 1.54) is 24.3 Å². The van der Waals surface area contributed by atoms with Crippen LogP contribution in [0.5, 0.6) is 0 Å². The van der Waals surface area contributed by atoms with E-state index in [0.29, 0.717) is 21.2 Å². The number of hydrogen-bond acceptors (Lipinski definition) is 4. The third kappa shape index (κ3) is 3.29. The molecule has 1 amide bonds. The molecular formula is C16H9Cl2N3O3. The molecule has 8 heteroatoms. The highest BCUT2D eigenvalue weighted by atomic mass is 35.5. The fourth-order valence-corrected chi connectivity index (χ4v) is 2.60. The molecule has 2 aromatic carbocycles. The van der Waals surface area contributed by atoms with Crippen LogP contribution in [-0.4, -0.2) is 16.7 Å². The maximum Gasteiger partial charge on any atom is 0.275 e. The summed E-state index contributed by atoms with van der Waals surface area (Å²) in [6, 6.07) is 10.8. The summed E-state index contributed by atoms with van der Waals surface area (Å²) in [5, 5.41) is 14.3. The molecule has 0 fully saturated rings.